The van der Waals surface area contributed by atoms with Gasteiger partial charge in [-0.2, -0.15) is 0 Å². The van der Waals surface area contributed by atoms with E-state index < -0.39 is 0 Å². The van der Waals surface area contributed by atoms with Crippen LogP contribution in [-0.2, 0) is 11.8 Å². The molecule has 2 nitrogen and oxygen atoms in total. The molecule has 2 N–H and O–H groups in total. The summed E-state index contributed by atoms with van der Waals surface area (Å²) in [5, 5.41) is 0. The van der Waals surface area contributed by atoms with Crippen molar-refractivity contribution in [1.82, 2.24) is 0 Å². The molecular formula is C18H31NO. The predicted octanol–water partition coefficient (Wildman–Crippen LogP) is 4.44. The highest BCUT2D eigenvalue weighted by Gasteiger charge is 2.19. The van der Waals surface area contributed by atoms with Crippen LogP contribution in [0.5, 0.6) is 5.75 Å². The monoisotopic (exact) mass is 277 g/mol. The van der Waals surface area contributed by atoms with Crippen LogP contribution in [0.3, 0.4) is 0 Å². The van der Waals surface area contributed by atoms with E-state index in [-0.39, 0.29) is 5.41 Å². The fourth-order valence-electron chi connectivity index (χ4n) is 2.37. The highest BCUT2D eigenvalue weighted by molar-refractivity contribution is 5.41. The minimum Gasteiger partial charge on any atom is -0.494 e. The summed E-state index contributed by atoms with van der Waals surface area (Å²) in [5.41, 5.74) is 8.78. The van der Waals surface area contributed by atoms with E-state index >= 15 is 0 Å². The van der Waals surface area contributed by atoms with Gasteiger partial charge in [0.05, 0.1) is 6.61 Å². The van der Waals surface area contributed by atoms with Crippen molar-refractivity contribution < 1.29 is 4.74 Å². The fraction of sp³-hybridized carbons (Fsp3) is 0.667. The van der Waals surface area contributed by atoms with E-state index in [1.54, 1.807) is 0 Å². The molecule has 0 fully saturated rings. The van der Waals surface area contributed by atoms with Gasteiger partial charge in [-0.3, -0.25) is 0 Å². The number of hydrogen-bond acceptors (Lipinski definition) is 2. The van der Waals surface area contributed by atoms with Crippen LogP contribution in [0.4, 0.5) is 0 Å². The normalized spacial score (nSPS) is 13.3. The molecule has 2 heteroatoms. The third-order valence-corrected chi connectivity index (χ3v) is 3.72. The summed E-state index contributed by atoms with van der Waals surface area (Å²) >= 11 is 0. The summed E-state index contributed by atoms with van der Waals surface area (Å²) in [6.07, 6.45) is 4.43. The molecule has 0 heterocycles. The van der Waals surface area contributed by atoms with Gasteiger partial charge in [0.1, 0.15) is 5.75 Å². The Kier molecular flexibility index (Phi) is 6.54. The first-order valence-corrected chi connectivity index (χ1v) is 7.90. The fourth-order valence-corrected chi connectivity index (χ4v) is 2.37. The molecule has 1 aromatic rings. The highest BCUT2D eigenvalue weighted by atomic mass is 16.5. The van der Waals surface area contributed by atoms with Gasteiger partial charge in [-0.25, -0.2) is 0 Å². The average molecular weight is 277 g/mol. The topological polar surface area (TPSA) is 35.2 Å². The Hall–Kier alpha value is -1.02. The van der Waals surface area contributed by atoms with E-state index in [4.69, 9.17) is 10.5 Å². The Bertz CT molecular complexity index is 406. The number of nitrogens with two attached hydrogens (primary N) is 1. The second-order valence-electron chi connectivity index (χ2n) is 6.57. The van der Waals surface area contributed by atoms with Crippen molar-refractivity contribution in [1.29, 1.82) is 0 Å². The summed E-state index contributed by atoms with van der Waals surface area (Å²) in [6.45, 7) is 11.6. The van der Waals surface area contributed by atoms with Crippen molar-refractivity contribution in [3.63, 3.8) is 0 Å². The smallest absolute Gasteiger partial charge is 0.123 e. The van der Waals surface area contributed by atoms with Gasteiger partial charge in [-0.05, 0) is 55.2 Å². The van der Waals surface area contributed by atoms with Crippen molar-refractivity contribution in [2.45, 2.75) is 71.8 Å². The largest absolute Gasteiger partial charge is 0.494 e. The van der Waals surface area contributed by atoms with E-state index in [1.165, 1.54) is 11.1 Å². The molecule has 0 aliphatic heterocycles. The van der Waals surface area contributed by atoms with Crippen LogP contribution in [0, 0.1) is 0 Å². The average Bonchev–Trinajstić information content (AvgIpc) is 2.39. The molecule has 0 bridgehead atoms. The van der Waals surface area contributed by atoms with Gasteiger partial charge >= 0.3 is 0 Å². The second-order valence-corrected chi connectivity index (χ2v) is 6.57. The number of ether oxygens (including phenoxy) is 1. The Balaban J connectivity index is 2.79. The Morgan fingerprint density at radius 3 is 2.45 bits per heavy atom. The molecule has 0 aliphatic carbocycles. The lowest BCUT2D eigenvalue weighted by Crippen LogP contribution is -2.18. The van der Waals surface area contributed by atoms with E-state index in [0.29, 0.717) is 12.6 Å². The van der Waals surface area contributed by atoms with Gasteiger partial charge in [0, 0.05) is 6.04 Å². The SMILES string of the molecule is CCOc1ccc(CCCC(N)CC)cc1C(C)(C)C. The zero-order valence-electron chi connectivity index (χ0n) is 13.8. The molecule has 114 valence electrons. The maximum absolute atomic E-state index is 5.98. The van der Waals surface area contributed by atoms with E-state index in [9.17, 15) is 0 Å². The van der Waals surface area contributed by atoms with Crippen LogP contribution >= 0.6 is 0 Å². The van der Waals surface area contributed by atoms with Gasteiger partial charge in [-0.15, -0.1) is 0 Å². The minimum atomic E-state index is 0.111. The molecule has 0 saturated carbocycles. The first kappa shape index (κ1) is 17.0. The van der Waals surface area contributed by atoms with Crippen LogP contribution in [0.2, 0.25) is 0 Å². The summed E-state index contributed by atoms with van der Waals surface area (Å²) in [5.74, 6) is 1.02. The summed E-state index contributed by atoms with van der Waals surface area (Å²) in [6, 6.07) is 6.97. The number of rotatable bonds is 7. The maximum Gasteiger partial charge on any atom is 0.123 e. The Morgan fingerprint density at radius 2 is 1.90 bits per heavy atom. The minimum absolute atomic E-state index is 0.111. The lowest BCUT2D eigenvalue weighted by Gasteiger charge is -2.23. The molecule has 1 rings (SSSR count). The van der Waals surface area contributed by atoms with Crippen LogP contribution in [0.15, 0.2) is 18.2 Å². The number of benzene rings is 1. The van der Waals surface area contributed by atoms with E-state index in [0.717, 1.165) is 31.4 Å². The molecule has 0 saturated heterocycles. The first-order chi connectivity index (χ1) is 9.38. The second kappa shape index (κ2) is 7.68. The summed E-state index contributed by atoms with van der Waals surface area (Å²) in [7, 11) is 0. The molecule has 20 heavy (non-hydrogen) atoms. The molecule has 0 aromatic heterocycles. The highest BCUT2D eigenvalue weighted by Crippen LogP contribution is 2.32. The number of aryl methyl sites for hydroxylation is 1. The van der Waals surface area contributed by atoms with Crippen molar-refractivity contribution >= 4 is 0 Å². The molecular weight excluding hydrogens is 246 g/mol. The van der Waals surface area contributed by atoms with Crippen LogP contribution in [-0.4, -0.2) is 12.6 Å². The van der Waals surface area contributed by atoms with Gasteiger partial charge in [0.2, 0.25) is 0 Å². The van der Waals surface area contributed by atoms with Crippen LogP contribution in [0.25, 0.3) is 0 Å². The first-order valence-electron chi connectivity index (χ1n) is 7.90. The van der Waals surface area contributed by atoms with Gasteiger partial charge in [0.25, 0.3) is 0 Å². The van der Waals surface area contributed by atoms with E-state index in [1.807, 2.05) is 6.92 Å². The van der Waals surface area contributed by atoms with Crippen molar-refractivity contribution in [3.8, 4) is 5.75 Å². The lowest BCUT2D eigenvalue weighted by molar-refractivity contribution is 0.329. The zero-order valence-corrected chi connectivity index (χ0v) is 13.8. The predicted molar refractivity (Wildman–Crippen MR) is 87.5 cm³/mol. The molecule has 0 aliphatic rings. The molecule has 0 spiro atoms. The van der Waals surface area contributed by atoms with Crippen molar-refractivity contribution in [2.75, 3.05) is 6.61 Å². The molecule has 0 radical (unpaired) electrons. The summed E-state index contributed by atoms with van der Waals surface area (Å²) < 4.78 is 5.76. The Labute approximate surface area is 124 Å². The van der Waals surface area contributed by atoms with E-state index in [2.05, 4.69) is 45.9 Å². The third kappa shape index (κ3) is 5.16. The molecule has 1 aromatic carbocycles. The molecule has 1 atom stereocenters. The van der Waals surface area contributed by atoms with Gasteiger partial charge < -0.3 is 10.5 Å². The van der Waals surface area contributed by atoms with Crippen LogP contribution in [0.1, 0.15) is 65.0 Å². The van der Waals surface area contributed by atoms with Gasteiger partial charge in [0.15, 0.2) is 0 Å². The van der Waals surface area contributed by atoms with Gasteiger partial charge in [-0.1, -0.05) is 39.8 Å². The third-order valence-electron chi connectivity index (χ3n) is 3.72. The van der Waals surface area contributed by atoms with Crippen molar-refractivity contribution in [2.24, 2.45) is 5.73 Å². The molecule has 1 unspecified atom stereocenters. The summed E-state index contributed by atoms with van der Waals surface area (Å²) in [4.78, 5) is 0. The lowest BCUT2D eigenvalue weighted by atomic mass is 9.85. The number of hydrogen-bond donors (Lipinski definition) is 1. The molecule has 0 amide bonds. The standard InChI is InChI=1S/C18H31NO/c1-6-15(19)10-8-9-14-11-12-17(20-7-2)16(13-14)18(3,4)5/h11-13,15H,6-10,19H2,1-5H3. The quantitative estimate of drug-likeness (QED) is 0.799. The van der Waals surface area contributed by atoms with Crippen molar-refractivity contribution in [3.05, 3.63) is 29.3 Å². The van der Waals surface area contributed by atoms with Crippen LogP contribution < -0.4 is 10.5 Å². The maximum atomic E-state index is 5.98. The zero-order chi connectivity index (χ0) is 15.2. The Morgan fingerprint density at radius 1 is 1.20 bits per heavy atom.